The number of likely N-dealkylation sites (tertiary alicyclic amines) is 1. The first kappa shape index (κ1) is 14.4. The van der Waals surface area contributed by atoms with Crippen LogP contribution in [0.5, 0.6) is 0 Å². The quantitative estimate of drug-likeness (QED) is 0.883. The maximum atomic E-state index is 14.0. The lowest BCUT2D eigenvalue weighted by molar-refractivity contribution is -0.0991. The highest BCUT2D eigenvalue weighted by Gasteiger charge is 2.45. The molecule has 0 unspecified atom stereocenters. The molecule has 118 valence electrons. The summed E-state index contributed by atoms with van der Waals surface area (Å²) in [5.74, 6) is -3.67. The van der Waals surface area contributed by atoms with Gasteiger partial charge < -0.3 is 15.3 Å². The summed E-state index contributed by atoms with van der Waals surface area (Å²) in [6.07, 6.45) is 3.43. The first-order chi connectivity index (χ1) is 10.5. The number of nitrogens with zero attached hydrogens (tertiary/aromatic N) is 5. The number of carbonyl (C=O) groups is 1. The van der Waals surface area contributed by atoms with Gasteiger partial charge in [0.15, 0.2) is 5.82 Å². The summed E-state index contributed by atoms with van der Waals surface area (Å²) < 4.78 is 29.7. The third kappa shape index (κ3) is 2.63. The molecule has 2 aromatic rings. The molecule has 0 aromatic carbocycles. The van der Waals surface area contributed by atoms with Crippen LogP contribution in [0.15, 0.2) is 18.7 Å². The van der Waals surface area contributed by atoms with Gasteiger partial charge in [-0.15, -0.1) is 10.2 Å². The van der Waals surface area contributed by atoms with Gasteiger partial charge in [0.2, 0.25) is 5.65 Å². The van der Waals surface area contributed by atoms with E-state index in [1.54, 1.807) is 10.6 Å². The van der Waals surface area contributed by atoms with Crippen molar-refractivity contribution < 1.29 is 18.7 Å². The van der Waals surface area contributed by atoms with Crippen LogP contribution in [0.2, 0.25) is 0 Å². The van der Waals surface area contributed by atoms with E-state index >= 15 is 0 Å². The number of alkyl halides is 2. The lowest BCUT2D eigenvalue weighted by Crippen LogP contribution is -2.52. The third-order valence-corrected chi connectivity index (χ3v) is 3.75. The largest absolute Gasteiger partial charge is 0.465 e. The van der Waals surface area contributed by atoms with Crippen molar-refractivity contribution >= 4 is 17.6 Å². The van der Waals surface area contributed by atoms with Gasteiger partial charge in [-0.1, -0.05) is 0 Å². The summed E-state index contributed by atoms with van der Waals surface area (Å²) in [6, 6.07) is 0. The number of aromatic nitrogens is 4. The SMILES string of the molecule is O=C(O)N1CC[C@H](CNc2nccn3cnnc23)C(F)(F)C1. The van der Waals surface area contributed by atoms with Crippen LogP contribution >= 0.6 is 0 Å². The Morgan fingerprint density at radius 1 is 1.55 bits per heavy atom. The highest BCUT2D eigenvalue weighted by Crippen LogP contribution is 2.33. The third-order valence-electron chi connectivity index (χ3n) is 3.75. The van der Waals surface area contributed by atoms with Gasteiger partial charge >= 0.3 is 6.09 Å². The van der Waals surface area contributed by atoms with Crippen molar-refractivity contribution in [2.24, 2.45) is 5.92 Å². The van der Waals surface area contributed by atoms with Crippen LogP contribution in [0.3, 0.4) is 0 Å². The number of carboxylic acid groups (broad SMARTS) is 1. The number of amides is 1. The van der Waals surface area contributed by atoms with Crippen molar-refractivity contribution in [1.29, 1.82) is 0 Å². The lowest BCUT2D eigenvalue weighted by Gasteiger charge is -2.37. The van der Waals surface area contributed by atoms with Crippen LogP contribution < -0.4 is 5.32 Å². The van der Waals surface area contributed by atoms with Crippen LogP contribution in [-0.4, -0.2) is 61.2 Å². The van der Waals surface area contributed by atoms with Crippen LogP contribution in [0.4, 0.5) is 19.4 Å². The fourth-order valence-electron chi connectivity index (χ4n) is 2.50. The summed E-state index contributed by atoms with van der Waals surface area (Å²) in [7, 11) is 0. The number of fused-ring (bicyclic) bond motifs is 1. The summed E-state index contributed by atoms with van der Waals surface area (Å²) in [6.45, 7) is -0.697. The van der Waals surface area contributed by atoms with E-state index in [0.717, 1.165) is 4.90 Å². The molecule has 2 N–H and O–H groups in total. The molecule has 0 bridgehead atoms. The monoisotopic (exact) mass is 312 g/mol. The normalized spacial score (nSPS) is 21.0. The number of hydrogen-bond acceptors (Lipinski definition) is 5. The van der Waals surface area contributed by atoms with Crippen molar-refractivity contribution in [3.63, 3.8) is 0 Å². The Balaban J connectivity index is 1.69. The second-order valence-corrected chi connectivity index (χ2v) is 5.17. The second-order valence-electron chi connectivity index (χ2n) is 5.17. The zero-order valence-electron chi connectivity index (χ0n) is 11.5. The molecule has 0 radical (unpaired) electrons. The smallest absolute Gasteiger partial charge is 0.407 e. The summed E-state index contributed by atoms with van der Waals surface area (Å²) in [5, 5.41) is 19.3. The van der Waals surface area contributed by atoms with Gasteiger partial charge in [0.25, 0.3) is 5.92 Å². The molecule has 0 saturated carbocycles. The average molecular weight is 312 g/mol. The van der Waals surface area contributed by atoms with Crippen LogP contribution in [-0.2, 0) is 0 Å². The van der Waals surface area contributed by atoms with Crippen molar-refractivity contribution in [3.8, 4) is 0 Å². The van der Waals surface area contributed by atoms with Gasteiger partial charge in [0.1, 0.15) is 6.33 Å². The molecule has 10 heteroatoms. The maximum absolute atomic E-state index is 14.0. The molecule has 1 aliphatic heterocycles. The number of halogens is 2. The number of anilines is 1. The summed E-state index contributed by atoms with van der Waals surface area (Å²) >= 11 is 0. The minimum atomic E-state index is -3.08. The Hall–Kier alpha value is -2.52. The van der Waals surface area contributed by atoms with Crippen molar-refractivity contribution in [1.82, 2.24) is 24.5 Å². The van der Waals surface area contributed by atoms with Gasteiger partial charge in [-0.3, -0.25) is 4.40 Å². The van der Waals surface area contributed by atoms with E-state index in [0.29, 0.717) is 11.5 Å². The van der Waals surface area contributed by atoms with E-state index in [1.807, 2.05) is 0 Å². The predicted molar refractivity (Wildman–Crippen MR) is 71.9 cm³/mol. The number of hydrogen-bond donors (Lipinski definition) is 2. The first-order valence-corrected chi connectivity index (χ1v) is 6.71. The van der Waals surface area contributed by atoms with Crippen LogP contribution in [0, 0.1) is 5.92 Å². The Morgan fingerprint density at radius 2 is 2.36 bits per heavy atom. The fraction of sp³-hybridized carbons (Fsp3) is 0.500. The molecule has 8 nitrogen and oxygen atoms in total. The fourth-order valence-corrected chi connectivity index (χ4v) is 2.50. The standard InChI is InChI=1S/C12H14F2N6O2/c13-12(14)6-19(11(21)22)3-1-8(12)5-16-9-10-18-17-7-20(10)4-2-15-9/h2,4,7-8H,1,3,5-6H2,(H,15,16)(H,21,22)/t8-/m1/s1. The van der Waals surface area contributed by atoms with E-state index < -0.39 is 24.5 Å². The molecule has 0 spiro atoms. The van der Waals surface area contributed by atoms with Gasteiger partial charge in [-0.25, -0.2) is 18.6 Å². The summed E-state index contributed by atoms with van der Waals surface area (Å²) in [5.41, 5.74) is 0.453. The Labute approximate surface area is 123 Å². The minimum Gasteiger partial charge on any atom is -0.465 e. The van der Waals surface area contributed by atoms with Gasteiger partial charge in [0, 0.05) is 31.4 Å². The average Bonchev–Trinajstić information content (AvgIpc) is 2.94. The van der Waals surface area contributed by atoms with Crippen LogP contribution in [0.25, 0.3) is 5.65 Å². The molecule has 3 heterocycles. The van der Waals surface area contributed by atoms with E-state index in [1.165, 1.54) is 12.5 Å². The Kier molecular flexibility index (Phi) is 3.51. The Bertz CT molecular complexity index is 691. The lowest BCUT2D eigenvalue weighted by atomic mass is 9.93. The topological polar surface area (TPSA) is 95.7 Å². The number of rotatable bonds is 3. The van der Waals surface area contributed by atoms with Crippen molar-refractivity contribution in [3.05, 3.63) is 18.7 Å². The van der Waals surface area contributed by atoms with Crippen LogP contribution in [0.1, 0.15) is 6.42 Å². The molecular weight excluding hydrogens is 298 g/mol. The molecule has 1 saturated heterocycles. The Morgan fingerprint density at radius 3 is 3.09 bits per heavy atom. The van der Waals surface area contributed by atoms with Gasteiger partial charge in [-0.05, 0) is 6.42 Å². The molecule has 22 heavy (non-hydrogen) atoms. The van der Waals surface area contributed by atoms with E-state index in [2.05, 4.69) is 20.5 Å². The molecule has 0 aliphatic carbocycles. The highest BCUT2D eigenvalue weighted by molar-refractivity contribution is 5.65. The zero-order valence-corrected chi connectivity index (χ0v) is 11.5. The molecule has 1 atom stereocenters. The number of piperidine rings is 1. The molecule has 1 fully saturated rings. The minimum absolute atomic E-state index is 0.0139. The zero-order chi connectivity index (χ0) is 15.7. The highest BCUT2D eigenvalue weighted by atomic mass is 19.3. The van der Waals surface area contributed by atoms with Crippen molar-refractivity contribution in [2.45, 2.75) is 12.3 Å². The number of nitrogens with one attached hydrogen (secondary N) is 1. The summed E-state index contributed by atoms with van der Waals surface area (Å²) in [4.78, 5) is 15.6. The predicted octanol–water partition coefficient (Wildman–Crippen LogP) is 1.17. The molecule has 2 aromatic heterocycles. The second kappa shape index (κ2) is 5.35. The van der Waals surface area contributed by atoms with Gasteiger partial charge in [-0.2, -0.15) is 0 Å². The van der Waals surface area contributed by atoms with E-state index in [9.17, 15) is 13.6 Å². The van der Waals surface area contributed by atoms with Gasteiger partial charge in [0.05, 0.1) is 6.54 Å². The molecule has 3 rings (SSSR count). The molecule has 1 aliphatic rings. The van der Waals surface area contributed by atoms with E-state index in [4.69, 9.17) is 5.11 Å². The first-order valence-electron chi connectivity index (χ1n) is 6.71. The van der Waals surface area contributed by atoms with Crippen molar-refractivity contribution in [2.75, 3.05) is 25.0 Å². The maximum Gasteiger partial charge on any atom is 0.407 e. The molecule has 1 amide bonds. The van der Waals surface area contributed by atoms with E-state index in [-0.39, 0.29) is 19.5 Å². The molecular formula is C12H14F2N6O2.